The molecule has 1 aliphatic rings. The van der Waals surface area contributed by atoms with Gasteiger partial charge in [0.25, 0.3) is 5.56 Å². The molecule has 1 aliphatic heterocycles. The molecule has 0 unspecified atom stereocenters. The molecule has 1 fully saturated rings. The van der Waals surface area contributed by atoms with Crippen molar-refractivity contribution < 1.29 is 18.3 Å². The van der Waals surface area contributed by atoms with Gasteiger partial charge in [-0.2, -0.15) is 0 Å². The van der Waals surface area contributed by atoms with Crippen LogP contribution in [0.3, 0.4) is 0 Å². The Morgan fingerprint density at radius 3 is 2.03 bits per heavy atom. The Bertz CT molecular complexity index is 897. The summed E-state index contributed by atoms with van der Waals surface area (Å²) in [7, 11) is -2.62. The highest BCUT2D eigenvalue weighted by atomic mass is 28.4. The Hall–Kier alpha value is -1.05. The molecule has 8 nitrogen and oxygen atoms in total. The molecule has 1 saturated heterocycles. The van der Waals surface area contributed by atoms with Gasteiger partial charge in [-0.1, -0.05) is 41.5 Å². The molecule has 1 aromatic heterocycles. The maximum absolute atomic E-state index is 12.5. The molecule has 0 spiro atoms. The van der Waals surface area contributed by atoms with E-state index in [-0.39, 0.29) is 10.1 Å². The van der Waals surface area contributed by atoms with Crippen molar-refractivity contribution in [3.63, 3.8) is 0 Å². The van der Waals surface area contributed by atoms with E-state index in [0.717, 1.165) is 0 Å². The highest BCUT2D eigenvalue weighted by Crippen LogP contribution is 2.43. The summed E-state index contributed by atoms with van der Waals surface area (Å²) < 4.78 is 26.8. The van der Waals surface area contributed by atoms with Gasteiger partial charge in [-0.3, -0.25) is 14.3 Å². The number of nitrogens with zero attached hydrogens (tertiary/aromatic N) is 1. The minimum absolute atomic E-state index is 0.0109. The molecule has 32 heavy (non-hydrogen) atoms. The molecule has 2 rings (SSSR count). The predicted molar refractivity (Wildman–Crippen MR) is 131 cm³/mol. The van der Waals surface area contributed by atoms with Crippen molar-refractivity contribution in [1.82, 2.24) is 9.55 Å². The van der Waals surface area contributed by atoms with Crippen molar-refractivity contribution >= 4 is 16.6 Å². The number of hydrogen-bond donors (Lipinski definition) is 1. The molecular weight excluding hydrogens is 444 g/mol. The minimum atomic E-state index is -2.18. The molecule has 0 aromatic carbocycles. The number of hydrogen-bond acceptors (Lipinski definition) is 6. The van der Waals surface area contributed by atoms with Gasteiger partial charge >= 0.3 is 5.69 Å². The molecule has 4 atom stereocenters. The summed E-state index contributed by atoms with van der Waals surface area (Å²) in [5.74, 6) is 0. The fraction of sp³-hybridized carbons (Fsp3) is 0.818. The van der Waals surface area contributed by atoms with E-state index >= 15 is 0 Å². The number of aromatic amines is 1. The van der Waals surface area contributed by atoms with Gasteiger partial charge in [0, 0.05) is 19.4 Å². The van der Waals surface area contributed by atoms with Crippen LogP contribution < -0.4 is 11.2 Å². The molecule has 10 heteroatoms. The maximum atomic E-state index is 12.5. The summed E-state index contributed by atoms with van der Waals surface area (Å²) in [6.07, 6.45) is -0.632. The molecule has 184 valence electrons. The van der Waals surface area contributed by atoms with E-state index in [1.807, 2.05) is 0 Å². The van der Waals surface area contributed by atoms with Gasteiger partial charge < -0.3 is 18.3 Å². The number of aromatic nitrogens is 2. The molecule has 0 saturated carbocycles. The van der Waals surface area contributed by atoms with E-state index in [1.165, 1.54) is 16.8 Å². The van der Waals surface area contributed by atoms with Crippen LogP contribution in [0, 0.1) is 0 Å². The third-order valence-electron chi connectivity index (χ3n) is 7.33. The van der Waals surface area contributed by atoms with E-state index in [9.17, 15) is 9.59 Å². The molecule has 0 bridgehead atoms. The van der Waals surface area contributed by atoms with Gasteiger partial charge in [-0.05, 0) is 36.3 Å². The van der Waals surface area contributed by atoms with E-state index in [2.05, 4.69) is 72.7 Å². The lowest BCUT2D eigenvalue weighted by atomic mass is 10.1. The Morgan fingerprint density at radius 1 is 1.00 bits per heavy atom. The van der Waals surface area contributed by atoms with E-state index < -0.39 is 52.4 Å². The lowest BCUT2D eigenvalue weighted by Gasteiger charge is -2.41. The van der Waals surface area contributed by atoms with Gasteiger partial charge in [0.1, 0.15) is 18.3 Å². The summed E-state index contributed by atoms with van der Waals surface area (Å²) in [6, 6.07) is 1.31. The van der Waals surface area contributed by atoms with Gasteiger partial charge in [0.2, 0.25) is 0 Å². The van der Waals surface area contributed by atoms with Crippen LogP contribution in [0.25, 0.3) is 0 Å². The Morgan fingerprint density at radius 2 is 1.56 bits per heavy atom. The molecule has 1 aromatic rings. The summed E-state index contributed by atoms with van der Waals surface area (Å²) in [6.45, 7) is 22.2. The first-order chi connectivity index (χ1) is 14.4. The second kappa shape index (κ2) is 9.30. The Kier molecular flexibility index (Phi) is 7.91. The topological polar surface area (TPSA) is 91.8 Å². The zero-order valence-electron chi connectivity index (χ0n) is 21.6. The molecule has 1 N–H and O–H groups in total. The van der Waals surface area contributed by atoms with Crippen LogP contribution in [0.15, 0.2) is 21.9 Å². The minimum Gasteiger partial charge on any atom is -0.414 e. The van der Waals surface area contributed by atoms with Gasteiger partial charge in [-0.25, -0.2) is 4.79 Å². The van der Waals surface area contributed by atoms with E-state index in [0.29, 0.717) is 6.61 Å². The number of methoxy groups -OCH3 is 1. The third-order valence-corrected chi connectivity index (χ3v) is 16.3. The fourth-order valence-corrected chi connectivity index (χ4v) is 5.44. The van der Waals surface area contributed by atoms with Crippen molar-refractivity contribution in [2.75, 3.05) is 13.7 Å². The van der Waals surface area contributed by atoms with Gasteiger partial charge in [0.15, 0.2) is 22.9 Å². The summed E-state index contributed by atoms with van der Waals surface area (Å²) in [4.78, 5) is 26.4. The van der Waals surface area contributed by atoms with Crippen molar-refractivity contribution in [3.8, 4) is 0 Å². The van der Waals surface area contributed by atoms with Gasteiger partial charge in [0.05, 0.1) is 6.61 Å². The summed E-state index contributed by atoms with van der Waals surface area (Å²) in [5, 5.41) is 0.0420. The van der Waals surface area contributed by atoms with Crippen molar-refractivity contribution in [1.29, 1.82) is 0 Å². The van der Waals surface area contributed by atoms with Crippen LogP contribution in [0.2, 0.25) is 36.3 Å². The quantitative estimate of drug-likeness (QED) is 0.589. The first-order valence-electron chi connectivity index (χ1n) is 11.2. The van der Waals surface area contributed by atoms with Gasteiger partial charge in [-0.15, -0.1) is 0 Å². The normalized spacial score (nSPS) is 25.3. The van der Waals surface area contributed by atoms with Crippen LogP contribution in [0.5, 0.6) is 0 Å². The highest BCUT2D eigenvalue weighted by molar-refractivity contribution is 6.74. The first kappa shape index (κ1) is 27.2. The van der Waals surface area contributed by atoms with Crippen molar-refractivity contribution in [3.05, 3.63) is 33.1 Å². The standard InChI is InChI=1S/C22H42N2O6Si2/c1-21(2,3)31(8,9)28-14-15-17(30-32(10,11)22(4,5)6)18(27-7)19(29-15)24-13-12-16(25)23-20(24)26/h12-13,15,17-19H,14H2,1-11H3,(H,23,25,26)/t15-,17-,18+,19-/m1/s1. The largest absolute Gasteiger partial charge is 0.414 e. The molecule has 2 heterocycles. The zero-order chi connectivity index (χ0) is 24.7. The average molecular weight is 487 g/mol. The highest BCUT2D eigenvalue weighted by Gasteiger charge is 2.52. The van der Waals surface area contributed by atoms with Crippen LogP contribution in [0.1, 0.15) is 47.8 Å². The third kappa shape index (κ3) is 5.71. The number of nitrogens with one attached hydrogen (secondary N) is 1. The Labute approximate surface area is 193 Å². The molecule has 0 radical (unpaired) electrons. The molecule has 0 amide bonds. The number of ether oxygens (including phenoxy) is 2. The second-order valence-electron chi connectivity index (χ2n) is 11.7. The lowest BCUT2D eigenvalue weighted by molar-refractivity contribution is -0.0613. The predicted octanol–water partition coefficient (Wildman–Crippen LogP) is 3.86. The van der Waals surface area contributed by atoms with Crippen molar-refractivity contribution in [2.45, 2.75) is 102 Å². The fourth-order valence-electron chi connectivity index (χ4n) is 3.11. The smallest absolute Gasteiger partial charge is 0.330 e. The first-order valence-corrected chi connectivity index (χ1v) is 17.0. The second-order valence-corrected chi connectivity index (χ2v) is 21.3. The van der Waals surface area contributed by atoms with Crippen LogP contribution >= 0.6 is 0 Å². The monoisotopic (exact) mass is 486 g/mol. The number of H-pyrrole nitrogens is 1. The van der Waals surface area contributed by atoms with Crippen LogP contribution in [0.4, 0.5) is 0 Å². The van der Waals surface area contributed by atoms with E-state index in [4.69, 9.17) is 18.3 Å². The average Bonchev–Trinajstić information content (AvgIpc) is 2.94. The maximum Gasteiger partial charge on any atom is 0.330 e. The Balaban J connectivity index is 2.43. The molecule has 0 aliphatic carbocycles. The van der Waals surface area contributed by atoms with Crippen molar-refractivity contribution in [2.24, 2.45) is 0 Å². The lowest BCUT2D eigenvalue weighted by Crippen LogP contribution is -2.51. The van der Waals surface area contributed by atoms with E-state index in [1.54, 1.807) is 7.11 Å². The summed E-state index contributed by atoms with van der Waals surface area (Å²) >= 11 is 0. The van der Waals surface area contributed by atoms with Crippen LogP contribution in [-0.2, 0) is 18.3 Å². The van der Waals surface area contributed by atoms with Crippen LogP contribution in [-0.4, -0.2) is 58.2 Å². The number of rotatable bonds is 7. The summed E-state index contributed by atoms with van der Waals surface area (Å²) in [5.41, 5.74) is -0.994. The molecular formula is C22H42N2O6Si2. The zero-order valence-corrected chi connectivity index (χ0v) is 23.6. The SMILES string of the molecule is CO[C@H]1[C@H](O[Si](C)(C)C(C)(C)C)[C@@H](CO[Si](C)(C)C(C)(C)C)O[C@H]1n1ccc(=O)[nH]c1=O.